The average Bonchev–Trinajstić information content (AvgIpc) is 2.78. The third kappa shape index (κ3) is 3.21. The molecule has 1 N–H and O–H groups in total. The molecule has 0 aliphatic carbocycles. The second kappa shape index (κ2) is 6.11. The number of hydrogen-bond donors (Lipinski definition) is 1. The number of piperidine rings is 1. The van der Waals surface area contributed by atoms with Crippen molar-refractivity contribution in [2.75, 3.05) is 13.1 Å². The van der Waals surface area contributed by atoms with Gasteiger partial charge in [0.15, 0.2) is 0 Å². The van der Waals surface area contributed by atoms with Gasteiger partial charge in [-0.25, -0.2) is 0 Å². The number of nitrogens with one attached hydrogen (secondary N) is 1. The second-order valence-electron chi connectivity index (χ2n) is 5.41. The van der Waals surface area contributed by atoms with Crippen LogP contribution < -0.4 is 5.32 Å². The lowest BCUT2D eigenvalue weighted by molar-refractivity contribution is -0.133. The Morgan fingerprint density at radius 1 is 1.25 bits per heavy atom. The molecule has 1 aromatic rings. The SMILES string of the molecule is Cc1cc(C(=O)NC(C)C(=O)N2CCCCC2)c(C)o1. The molecule has 2 heterocycles. The molecule has 1 unspecified atom stereocenters. The summed E-state index contributed by atoms with van der Waals surface area (Å²) in [6.45, 7) is 6.87. The molecule has 0 saturated carbocycles. The number of hydrogen-bond acceptors (Lipinski definition) is 3. The van der Waals surface area contributed by atoms with Gasteiger partial charge in [-0.05, 0) is 46.1 Å². The summed E-state index contributed by atoms with van der Waals surface area (Å²) >= 11 is 0. The van der Waals surface area contributed by atoms with E-state index in [2.05, 4.69) is 5.32 Å². The van der Waals surface area contributed by atoms with Crippen LogP contribution in [0.2, 0.25) is 0 Å². The lowest BCUT2D eigenvalue weighted by atomic mass is 10.1. The Morgan fingerprint density at radius 2 is 1.90 bits per heavy atom. The summed E-state index contributed by atoms with van der Waals surface area (Å²) in [4.78, 5) is 26.2. The van der Waals surface area contributed by atoms with Crippen LogP contribution in [-0.4, -0.2) is 35.8 Å². The molecule has 20 heavy (non-hydrogen) atoms. The molecule has 2 rings (SSSR count). The highest BCUT2D eigenvalue weighted by molar-refractivity contribution is 5.98. The molecular weight excluding hydrogens is 256 g/mol. The summed E-state index contributed by atoms with van der Waals surface area (Å²) in [6.07, 6.45) is 3.27. The Hall–Kier alpha value is -1.78. The van der Waals surface area contributed by atoms with E-state index in [0.717, 1.165) is 25.9 Å². The van der Waals surface area contributed by atoms with Crippen molar-refractivity contribution < 1.29 is 14.0 Å². The largest absolute Gasteiger partial charge is 0.466 e. The van der Waals surface area contributed by atoms with Crippen molar-refractivity contribution in [3.05, 3.63) is 23.2 Å². The predicted molar refractivity (Wildman–Crippen MR) is 75.5 cm³/mol. The fourth-order valence-corrected chi connectivity index (χ4v) is 2.58. The number of furan rings is 1. The topological polar surface area (TPSA) is 62.6 Å². The summed E-state index contributed by atoms with van der Waals surface area (Å²) < 4.78 is 5.34. The van der Waals surface area contributed by atoms with E-state index < -0.39 is 6.04 Å². The number of aryl methyl sites for hydroxylation is 2. The Bertz CT molecular complexity index is 501. The molecular formula is C15H22N2O3. The number of nitrogens with zero attached hydrogens (tertiary/aromatic N) is 1. The first-order valence-electron chi connectivity index (χ1n) is 7.15. The van der Waals surface area contributed by atoms with Gasteiger partial charge >= 0.3 is 0 Å². The Labute approximate surface area is 119 Å². The summed E-state index contributed by atoms with van der Waals surface area (Å²) in [5.74, 6) is 1.02. The molecule has 5 heteroatoms. The van der Waals surface area contributed by atoms with Gasteiger partial charge in [-0.1, -0.05) is 0 Å². The highest BCUT2D eigenvalue weighted by Gasteiger charge is 2.24. The summed E-state index contributed by atoms with van der Waals surface area (Å²) in [6, 6.07) is 1.19. The van der Waals surface area contributed by atoms with Gasteiger partial charge in [-0.2, -0.15) is 0 Å². The molecule has 1 atom stereocenters. The molecule has 0 aromatic carbocycles. The van der Waals surface area contributed by atoms with Crippen molar-refractivity contribution in [2.45, 2.75) is 46.1 Å². The van der Waals surface area contributed by atoms with Gasteiger partial charge in [-0.15, -0.1) is 0 Å². The minimum absolute atomic E-state index is 0.00378. The first kappa shape index (κ1) is 14.6. The Morgan fingerprint density at radius 3 is 2.45 bits per heavy atom. The maximum atomic E-state index is 12.2. The summed E-state index contributed by atoms with van der Waals surface area (Å²) in [7, 11) is 0. The maximum Gasteiger partial charge on any atom is 0.255 e. The van der Waals surface area contributed by atoms with E-state index in [4.69, 9.17) is 4.42 Å². The first-order chi connectivity index (χ1) is 9.49. The number of likely N-dealkylation sites (tertiary alicyclic amines) is 1. The summed E-state index contributed by atoms with van der Waals surface area (Å²) in [5.41, 5.74) is 0.501. The predicted octanol–water partition coefficient (Wildman–Crippen LogP) is 2.03. The second-order valence-corrected chi connectivity index (χ2v) is 5.41. The molecule has 1 aliphatic rings. The highest BCUT2D eigenvalue weighted by Crippen LogP contribution is 2.14. The van der Waals surface area contributed by atoms with Crippen molar-refractivity contribution in [1.82, 2.24) is 10.2 Å². The van der Waals surface area contributed by atoms with Crippen LogP contribution in [0.25, 0.3) is 0 Å². The normalized spacial score (nSPS) is 16.9. The first-order valence-corrected chi connectivity index (χ1v) is 7.15. The van der Waals surface area contributed by atoms with Crippen LogP contribution in [0.15, 0.2) is 10.5 Å². The van der Waals surface area contributed by atoms with E-state index in [1.165, 1.54) is 6.42 Å². The van der Waals surface area contributed by atoms with E-state index in [-0.39, 0.29) is 11.8 Å². The van der Waals surface area contributed by atoms with Crippen LogP contribution >= 0.6 is 0 Å². The quantitative estimate of drug-likeness (QED) is 0.920. The van der Waals surface area contributed by atoms with Gasteiger partial charge in [0, 0.05) is 13.1 Å². The molecule has 1 aliphatic heterocycles. The minimum atomic E-state index is -0.504. The van der Waals surface area contributed by atoms with Gasteiger partial charge in [-0.3, -0.25) is 9.59 Å². The molecule has 1 aromatic heterocycles. The standard InChI is InChI=1S/C15H22N2O3/c1-10-9-13(12(3)20-10)14(18)16-11(2)15(19)17-7-5-4-6-8-17/h9,11H,4-8H2,1-3H3,(H,16,18). The van der Waals surface area contributed by atoms with Crippen molar-refractivity contribution in [2.24, 2.45) is 0 Å². The number of carbonyl (C=O) groups excluding carboxylic acids is 2. The lowest BCUT2D eigenvalue weighted by Crippen LogP contribution is -2.48. The average molecular weight is 278 g/mol. The van der Waals surface area contributed by atoms with Crippen molar-refractivity contribution in [3.63, 3.8) is 0 Å². The lowest BCUT2D eigenvalue weighted by Gasteiger charge is -2.29. The van der Waals surface area contributed by atoms with Gasteiger partial charge in [0.2, 0.25) is 5.91 Å². The van der Waals surface area contributed by atoms with Gasteiger partial charge < -0.3 is 14.6 Å². The Kier molecular flexibility index (Phi) is 4.47. The van der Waals surface area contributed by atoms with Gasteiger partial charge in [0.25, 0.3) is 5.91 Å². The third-order valence-corrected chi connectivity index (χ3v) is 3.67. The molecule has 0 radical (unpaired) electrons. The zero-order valence-electron chi connectivity index (χ0n) is 12.4. The third-order valence-electron chi connectivity index (χ3n) is 3.67. The van der Waals surface area contributed by atoms with Crippen LogP contribution in [-0.2, 0) is 4.79 Å². The van der Waals surface area contributed by atoms with E-state index in [9.17, 15) is 9.59 Å². The number of amides is 2. The van der Waals surface area contributed by atoms with Crippen molar-refractivity contribution in [3.8, 4) is 0 Å². The van der Waals surface area contributed by atoms with E-state index in [1.807, 2.05) is 4.90 Å². The van der Waals surface area contributed by atoms with E-state index >= 15 is 0 Å². The van der Waals surface area contributed by atoms with Crippen molar-refractivity contribution >= 4 is 11.8 Å². The zero-order chi connectivity index (χ0) is 14.7. The molecule has 0 spiro atoms. The molecule has 5 nitrogen and oxygen atoms in total. The van der Waals surface area contributed by atoms with E-state index in [0.29, 0.717) is 17.1 Å². The summed E-state index contributed by atoms with van der Waals surface area (Å²) in [5, 5.41) is 2.76. The maximum absolute atomic E-state index is 12.2. The highest BCUT2D eigenvalue weighted by atomic mass is 16.3. The van der Waals surface area contributed by atoms with Gasteiger partial charge in [0.05, 0.1) is 5.56 Å². The molecule has 2 amide bonds. The number of carbonyl (C=O) groups is 2. The fraction of sp³-hybridized carbons (Fsp3) is 0.600. The fourth-order valence-electron chi connectivity index (χ4n) is 2.58. The Balaban J connectivity index is 1.96. The van der Waals surface area contributed by atoms with Crippen LogP contribution in [0.3, 0.4) is 0 Å². The molecule has 1 saturated heterocycles. The molecule has 1 fully saturated rings. The molecule has 110 valence electrons. The van der Waals surface area contributed by atoms with Crippen LogP contribution in [0.1, 0.15) is 48.1 Å². The molecule has 0 bridgehead atoms. The monoisotopic (exact) mass is 278 g/mol. The van der Waals surface area contributed by atoms with Crippen LogP contribution in [0.4, 0.5) is 0 Å². The minimum Gasteiger partial charge on any atom is -0.466 e. The van der Waals surface area contributed by atoms with Crippen LogP contribution in [0, 0.1) is 13.8 Å². The zero-order valence-corrected chi connectivity index (χ0v) is 12.4. The van der Waals surface area contributed by atoms with Gasteiger partial charge in [0.1, 0.15) is 17.6 Å². The van der Waals surface area contributed by atoms with Crippen LogP contribution in [0.5, 0.6) is 0 Å². The van der Waals surface area contributed by atoms with E-state index in [1.54, 1.807) is 26.8 Å². The smallest absolute Gasteiger partial charge is 0.255 e. The van der Waals surface area contributed by atoms with Crippen molar-refractivity contribution in [1.29, 1.82) is 0 Å². The number of rotatable bonds is 3.